The number of carbonyl (C=O) groups excluding carboxylic acids is 1. The fourth-order valence-corrected chi connectivity index (χ4v) is 2.11. The van der Waals surface area contributed by atoms with Gasteiger partial charge in [0.1, 0.15) is 5.78 Å². The van der Waals surface area contributed by atoms with Gasteiger partial charge in [0.25, 0.3) is 0 Å². The first kappa shape index (κ1) is 13.4. The van der Waals surface area contributed by atoms with Crippen LogP contribution in [0.4, 0.5) is 8.78 Å². The Morgan fingerprint density at radius 1 is 1.00 bits per heavy atom. The third-order valence-electron chi connectivity index (χ3n) is 3.08. The molecule has 0 aliphatic heterocycles. The molecule has 0 saturated heterocycles. The van der Waals surface area contributed by atoms with Crippen LogP contribution in [-0.2, 0) is 4.79 Å². The maximum Gasteiger partial charge on any atom is 0.159 e. The van der Waals surface area contributed by atoms with Gasteiger partial charge in [0.05, 0.1) is 5.92 Å². The van der Waals surface area contributed by atoms with Crippen LogP contribution in [0.5, 0.6) is 0 Å². The first-order chi connectivity index (χ1) is 9.13. The van der Waals surface area contributed by atoms with E-state index >= 15 is 0 Å². The van der Waals surface area contributed by atoms with E-state index in [-0.39, 0.29) is 5.78 Å². The van der Waals surface area contributed by atoms with Crippen LogP contribution in [0.25, 0.3) is 0 Å². The van der Waals surface area contributed by atoms with Gasteiger partial charge in [-0.15, -0.1) is 0 Å². The normalized spacial score (nSPS) is 12.2. The van der Waals surface area contributed by atoms with Gasteiger partial charge in [-0.25, -0.2) is 8.78 Å². The largest absolute Gasteiger partial charge is 0.299 e. The molecule has 3 heteroatoms. The van der Waals surface area contributed by atoms with E-state index in [4.69, 9.17) is 0 Å². The average Bonchev–Trinajstić information content (AvgIpc) is 2.44. The molecule has 0 aromatic heterocycles. The molecule has 0 radical (unpaired) electrons. The molecule has 2 aromatic rings. The topological polar surface area (TPSA) is 17.1 Å². The first-order valence-electron chi connectivity index (χ1n) is 6.16. The molecule has 0 heterocycles. The Balaban J connectivity index is 2.49. The minimum atomic E-state index is -0.928. The van der Waals surface area contributed by atoms with E-state index in [0.717, 1.165) is 17.7 Å². The van der Waals surface area contributed by atoms with E-state index < -0.39 is 17.6 Å². The van der Waals surface area contributed by atoms with Crippen molar-refractivity contribution < 1.29 is 13.6 Å². The molecule has 1 nitrogen and oxygen atoms in total. The Kier molecular flexibility index (Phi) is 4.05. The Morgan fingerprint density at radius 2 is 1.68 bits per heavy atom. The van der Waals surface area contributed by atoms with Crippen molar-refractivity contribution in [1.82, 2.24) is 0 Å². The molecule has 0 amide bonds. The summed E-state index contributed by atoms with van der Waals surface area (Å²) in [6, 6.07) is 12.8. The summed E-state index contributed by atoms with van der Waals surface area (Å²) < 4.78 is 26.3. The van der Waals surface area contributed by atoms with Gasteiger partial charge in [-0.05, 0) is 23.3 Å². The van der Waals surface area contributed by atoms with Gasteiger partial charge in [0, 0.05) is 6.42 Å². The van der Waals surface area contributed by atoms with Gasteiger partial charge in [0.15, 0.2) is 11.6 Å². The Morgan fingerprint density at radius 3 is 2.26 bits per heavy atom. The van der Waals surface area contributed by atoms with E-state index in [1.807, 2.05) is 30.3 Å². The quantitative estimate of drug-likeness (QED) is 0.809. The standard InChI is InChI=1S/C16H14F2O/c1-2-15(19)16(11-6-4-3-5-7-11)12-8-9-13(17)14(18)10-12/h3-10,16H,2H2,1H3. The second-order valence-electron chi connectivity index (χ2n) is 4.34. The van der Waals surface area contributed by atoms with E-state index in [9.17, 15) is 13.6 Å². The molecule has 1 atom stereocenters. The molecule has 2 aromatic carbocycles. The van der Waals surface area contributed by atoms with Crippen molar-refractivity contribution in [3.63, 3.8) is 0 Å². The van der Waals surface area contributed by atoms with Crippen molar-refractivity contribution in [3.05, 3.63) is 71.3 Å². The van der Waals surface area contributed by atoms with Crippen LogP contribution in [0.1, 0.15) is 30.4 Å². The fraction of sp³-hybridized carbons (Fsp3) is 0.188. The van der Waals surface area contributed by atoms with Crippen molar-refractivity contribution in [2.24, 2.45) is 0 Å². The van der Waals surface area contributed by atoms with E-state index in [1.54, 1.807) is 6.92 Å². The predicted molar refractivity (Wildman–Crippen MR) is 69.9 cm³/mol. The SMILES string of the molecule is CCC(=O)C(c1ccccc1)c1ccc(F)c(F)c1. The zero-order valence-corrected chi connectivity index (χ0v) is 10.6. The molecule has 2 rings (SSSR count). The summed E-state index contributed by atoms with van der Waals surface area (Å²) in [6.07, 6.45) is 0.346. The fourth-order valence-electron chi connectivity index (χ4n) is 2.11. The summed E-state index contributed by atoms with van der Waals surface area (Å²) in [5, 5.41) is 0. The zero-order chi connectivity index (χ0) is 13.8. The minimum Gasteiger partial charge on any atom is -0.299 e. The number of hydrogen-bond donors (Lipinski definition) is 0. The highest BCUT2D eigenvalue weighted by Crippen LogP contribution is 2.27. The van der Waals surface area contributed by atoms with E-state index in [1.165, 1.54) is 6.07 Å². The number of benzene rings is 2. The zero-order valence-electron chi connectivity index (χ0n) is 10.6. The Bertz CT molecular complexity index is 579. The summed E-state index contributed by atoms with van der Waals surface area (Å²) >= 11 is 0. The highest BCUT2D eigenvalue weighted by atomic mass is 19.2. The molecular weight excluding hydrogens is 246 g/mol. The van der Waals surface area contributed by atoms with Crippen LogP contribution in [-0.4, -0.2) is 5.78 Å². The number of carbonyl (C=O) groups is 1. The third kappa shape index (κ3) is 2.87. The molecule has 0 N–H and O–H groups in total. The molecule has 1 unspecified atom stereocenters. The lowest BCUT2D eigenvalue weighted by atomic mass is 9.86. The monoisotopic (exact) mass is 260 g/mol. The van der Waals surface area contributed by atoms with Crippen LogP contribution in [0, 0.1) is 11.6 Å². The van der Waals surface area contributed by atoms with Crippen LogP contribution < -0.4 is 0 Å². The van der Waals surface area contributed by atoms with Crippen LogP contribution in [0.15, 0.2) is 48.5 Å². The lowest BCUT2D eigenvalue weighted by molar-refractivity contribution is -0.119. The van der Waals surface area contributed by atoms with Crippen LogP contribution >= 0.6 is 0 Å². The second-order valence-corrected chi connectivity index (χ2v) is 4.34. The number of rotatable bonds is 4. The molecule has 0 bridgehead atoms. The minimum absolute atomic E-state index is 0.0165. The highest BCUT2D eigenvalue weighted by molar-refractivity contribution is 5.88. The van der Waals surface area contributed by atoms with E-state index in [2.05, 4.69) is 0 Å². The summed E-state index contributed by atoms with van der Waals surface area (Å²) in [4.78, 5) is 12.1. The molecule has 0 aliphatic carbocycles. The molecule has 0 fully saturated rings. The predicted octanol–water partition coefficient (Wildman–Crippen LogP) is 4.08. The van der Waals surface area contributed by atoms with Crippen molar-refractivity contribution in [1.29, 1.82) is 0 Å². The second kappa shape index (κ2) is 5.74. The maximum absolute atomic E-state index is 13.3. The number of ketones is 1. The summed E-state index contributed by atoms with van der Waals surface area (Å²) in [5.41, 5.74) is 1.28. The average molecular weight is 260 g/mol. The van der Waals surface area contributed by atoms with Crippen LogP contribution in [0.2, 0.25) is 0 Å². The lowest BCUT2D eigenvalue weighted by Crippen LogP contribution is -2.13. The highest BCUT2D eigenvalue weighted by Gasteiger charge is 2.22. The Labute approximate surface area is 110 Å². The Hall–Kier alpha value is -2.03. The van der Waals surface area contributed by atoms with Crippen molar-refractivity contribution in [2.75, 3.05) is 0 Å². The smallest absolute Gasteiger partial charge is 0.159 e. The summed E-state index contributed by atoms with van der Waals surface area (Å²) in [7, 11) is 0. The van der Waals surface area contributed by atoms with Gasteiger partial charge in [-0.3, -0.25) is 4.79 Å². The number of Topliss-reactive ketones (excluding diaryl/α,β-unsaturated/α-hetero) is 1. The number of halogens is 2. The van der Waals surface area contributed by atoms with Crippen molar-refractivity contribution in [3.8, 4) is 0 Å². The van der Waals surface area contributed by atoms with Gasteiger partial charge >= 0.3 is 0 Å². The van der Waals surface area contributed by atoms with Gasteiger partial charge < -0.3 is 0 Å². The van der Waals surface area contributed by atoms with Crippen molar-refractivity contribution >= 4 is 5.78 Å². The lowest BCUT2D eigenvalue weighted by Gasteiger charge is -2.16. The third-order valence-corrected chi connectivity index (χ3v) is 3.08. The van der Waals surface area contributed by atoms with E-state index in [0.29, 0.717) is 12.0 Å². The van der Waals surface area contributed by atoms with Crippen LogP contribution in [0.3, 0.4) is 0 Å². The summed E-state index contributed by atoms with van der Waals surface area (Å²) in [6.45, 7) is 1.76. The molecule has 0 saturated carbocycles. The summed E-state index contributed by atoms with van der Waals surface area (Å²) in [5.74, 6) is -2.39. The molecule has 19 heavy (non-hydrogen) atoms. The molecule has 98 valence electrons. The molecule has 0 aliphatic rings. The van der Waals surface area contributed by atoms with Gasteiger partial charge in [0.2, 0.25) is 0 Å². The van der Waals surface area contributed by atoms with Crippen molar-refractivity contribution in [2.45, 2.75) is 19.3 Å². The van der Waals surface area contributed by atoms with Gasteiger partial charge in [-0.1, -0.05) is 43.3 Å². The number of hydrogen-bond acceptors (Lipinski definition) is 1. The van der Waals surface area contributed by atoms with Gasteiger partial charge in [-0.2, -0.15) is 0 Å². The first-order valence-corrected chi connectivity index (χ1v) is 6.16. The maximum atomic E-state index is 13.3. The molecular formula is C16H14F2O. The molecule has 0 spiro atoms.